The van der Waals surface area contributed by atoms with Crippen LogP contribution in [-0.4, -0.2) is 5.78 Å². The van der Waals surface area contributed by atoms with Gasteiger partial charge in [-0.3, -0.25) is 4.79 Å². The van der Waals surface area contributed by atoms with Gasteiger partial charge in [0.25, 0.3) is 0 Å². The fourth-order valence-corrected chi connectivity index (χ4v) is 1.61. The quantitative estimate of drug-likeness (QED) is 0.765. The predicted molar refractivity (Wildman–Crippen MR) is 67.9 cm³/mol. The number of hydrogen-bond acceptors (Lipinski definition) is 2. The smallest absolute Gasteiger partial charge is 0.162 e. The molecule has 0 bridgehead atoms. The number of benzene rings is 2. The third-order valence-corrected chi connectivity index (χ3v) is 2.62. The second-order valence-electron chi connectivity index (χ2n) is 3.75. The monoisotopic (exact) mass is 264 g/mol. The highest BCUT2D eigenvalue weighted by atomic mass is 35.5. The van der Waals surface area contributed by atoms with Crippen molar-refractivity contribution in [1.82, 2.24) is 0 Å². The summed E-state index contributed by atoms with van der Waals surface area (Å²) >= 11 is 5.74. The average molecular weight is 265 g/mol. The van der Waals surface area contributed by atoms with Gasteiger partial charge >= 0.3 is 0 Å². The van der Waals surface area contributed by atoms with Crippen molar-refractivity contribution in [3.8, 4) is 11.5 Å². The van der Waals surface area contributed by atoms with Crippen molar-refractivity contribution >= 4 is 17.4 Å². The summed E-state index contributed by atoms with van der Waals surface area (Å²) in [6.07, 6.45) is 0. The summed E-state index contributed by atoms with van der Waals surface area (Å²) in [7, 11) is 0. The Balaban J connectivity index is 2.22. The minimum atomic E-state index is -0.589. The van der Waals surface area contributed by atoms with E-state index in [0.29, 0.717) is 16.5 Å². The molecule has 4 heteroatoms. The molecule has 2 nitrogen and oxygen atoms in total. The first-order valence-electron chi connectivity index (χ1n) is 5.30. The third kappa shape index (κ3) is 2.87. The molecule has 0 unspecified atom stereocenters. The number of ketones is 1. The molecule has 0 atom stereocenters. The summed E-state index contributed by atoms with van der Waals surface area (Å²) in [4.78, 5) is 11.1. The van der Waals surface area contributed by atoms with Gasteiger partial charge in [-0.05, 0) is 43.3 Å². The summed E-state index contributed by atoms with van der Waals surface area (Å²) in [5, 5.41) is 0.598. The van der Waals surface area contributed by atoms with Gasteiger partial charge in [-0.1, -0.05) is 11.6 Å². The zero-order chi connectivity index (χ0) is 13.1. The van der Waals surface area contributed by atoms with Crippen molar-refractivity contribution in [2.75, 3.05) is 0 Å². The molecule has 0 N–H and O–H groups in total. The molecule has 0 aliphatic heterocycles. The lowest BCUT2D eigenvalue weighted by molar-refractivity contribution is 0.101. The molecule has 0 aliphatic carbocycles. The Kier molecular flexibility index (Phi) is 3.63. The van der Waals surface area contributed by atoms with Gasteiger partial charge in [0, 0.05) is 11.1 Å². The highest BCUT2D eigenvalue weighted by Gasteiger charge is 2.08. The van der Waals surface area contributed by atoms with Gasteiger partial charge in [0.2, 0.25) is 0 Å². The van der Waals surface area contributed by atoms with Gasteiger partial charge in [0.05, 0.1) is 5.56 Å². The summed E-state index contributed by atoms with van der Waals surface area (Å²) in [5.74, 6) is -0.0197. The highest BCUT2D eigenvalue weighted by molar-refractivity contribution is 6.30. The fraction of sp³-hybridized carbons (Fsp3) is 0.0714. The van der Waals surface area contributed by atoms with E-state index in [2.05, 4.69) is 0 Å². The summed E-state index contributed by atoms with van der Waals surface area (Å²) in [5.41, 5.74) is 0.0541. The highest BCUT2D eigenvalue weighted by Crippen LogP contribution is 2.24. The van der Waals surface area contributed by atoms with Crippen LogP contribution in [0.4, 0.5) is 4.39 Å². The van der Waals surface area contributed by atoms with Crippen LogP contribution < -0.4 is 4.74 Å². The Labute approximate surface area is 109 Å². The van der Waals surface area contributed by atoms with E-state index in [1.807, 2.05) is 0 Å². The Morgan fingerprint density at radius 2 is 1.72 bits per heavy atom. The van der Waals surface area contributed by atoms with Gasteiger partial charge < -0.3 is 4.74 Å². The van der Waals surface area contributed by atoms with Crippen LogP contribution in [0.1, 0.15) is 17.3 Å². The SMILES string of the molecule is CC(=O)c1ccc(Oc2ccc(Cl)cc2)cc1F. The molecule has 0 saturated carbocycles. The average Bonchev–Trinajstić information content (AvgIpc) is 2.32. The van der Waals surface area contributed by atoms with E-state index >= 15 is 0 Å². The van der Waals surface area contributed by atoms with Crippen LogP contribution in [0.15, 0.2) is 42.5 Å². The Hall–Kier alpha value is -1.87. The molecule has 0 fully saturated rings. The maximum atomic E-state index is 13.5. The minimum absolute atomic E-state index is 0.0541. The van der Waals surface area contributed by atoms with E-state index in [0.717, 1.165) is 0 Å². The minimum Gasteiger partial charge on any atom is -0.457 e. The molecule has 0 aliphatic rings. The second kappa shape index (κ2) is 5.19. The van der Waals surface area contributed by atoms with Crippen LogP contribution in [-0.2, 0) is 0 Å². The molecular weight excluding hydrogens is 255 g/mol. The Morgan fingerprint density at radius 1 is 1.11 bits per heavy atom. The van der Waals surface area contributed by atoms with E-state index in [1.165, 1.54) is 19.1 Å². The van der Waals surface area contributed by atoms with Crippen molar-refractivity contribution in [2.45, 2.75) is 6.92 Å². The predicted octanol–water partition coefficient (Wildman–Crippen LogP) is 4.47. The number of halogens is 2. The first-order valence-corrected chi connectivity index (χ1v) is 5.68. The standard InChI is InChI=1S/C14H10ClFO2/c1-9(17)13-7-6-12(8-14(13)16)18-11-4-2-10(15)3-5-11/h2-8H,1H3. The van der Waals surface area contributed by atoms with Crippen LogP contribution in [0.2, 0.25) is 5.02 Å². The van der Waals surface area contributed by atoms with Gasteiger partial charge in [-0.2, -0.15) is 0 Å². The number of hydrogen-bond donors (Lipinski definition) is 0. The molecule has 0 aromatic heterocycles. The first-order chi connectivity index (χ1) is 8.56. The largest absolute Gasteiger partial charge is 0.457 e. The fourth-order valence-electron chi connectivity index (χ4n) is 1.48. The molecular formula is C14H10ClFO2. The van der Waals surface area contributed by atoms with E-state index in [4.69, 9.17) is 16.3 Å². The second-order valence-corrected chi connectivity index (χ2v) is 4.19. The number of Topliss-reactive ketones (excluding diaryl/α,β-unsaturated/α-hetero) is 1. The van der Waals surface area contributed by atoms with Crippen LogP contribution >= 0.6 is 11.6 Å². The van der Waals surface area contributed by atoms with Crippen LogP contribution in [0.3, 0.4) is 0 Å². The van der Waals surface area contributed by atoms with Crippen molar-refractivity contribution in [3.05, 3.63) is 58.9 Å². The number of carbonyl (C=O) groups is 1. The molecule has 2 aromatic rings. The molecule has 2 rings (SSSR count). The molecule has 2 aromatic carbocycles. The third-order valence-electron chi connectivity index (χ3n) is 2.37. The molecule has 0 radical (unpaired) electrons. The number of ether oxygens (including phenoxy) is 1. The zero-order valence-corrected chi connectivity index (χ0v) is 10.4. The van der Waals surface area contributed by atoms with Crippen molar-refractivity contribution in [1.29, 1.82) is 0 Å². The van der Waals surface area contributed by atoms with Crippen LogP contribution in [0.5, 0.6) is 11.5 Å². The van der Waals surface area contributed by atoms with Gasteiger partial charge in [0.15, 0.2) is 5.78 Å². The van der Waals surface area contributed by atoms with E-state index in [1.54, 1.807) is 30.3 Å². The molecule has 0 amide bonds. The Morgan fingerprint density at radius 3 is 2.28 bits per heavy atom. The maximum absolute atomic E-state index is 13.5. The first kappa shape index (κ1) is 12.6. The molecule has 92 valence electrons. The summed E-state index contributed by atoms with van der Waals surface area (Å²) < 4.78 is 19.0. The lowest BCUT2D eigenvalue weighted by atomic mass is 10.1. The normalized spacial score (nSPS) is 10.2. The molecule has 18 heavy (non-hydrogen) atoms. The molecule has 0 spiro atoms. The van der Waals surface area contributed by atoms with Crippen molar-refractivity contribution < 1.29 is 13.9 Å². The van der Waals surface area contributed by atoms with E-state index in [9.17, 15) is 9.18 Å². The number of carbonyl (C=O) groups excluding carboxylic acids is 1. The number of rotatable bonds is 3. The molecule has 0 heterocycles. The summed E-state index contributed by atoms with van der Waals surface area (Å²) in [6, 6.07) is 10.9. The van der Waals surface area contributed by atoms with Gasteiger partial charge in [-0.25, -0.2) is 4.39 Å². The summed E-state index contributed by atoms with van der Waals surface area (Å²) in [6.45, 7) is 1.32. The topological polar surface area (TPSA) is 26.3 Å². The van der Waals surface area contributed by atoms with Gasteiger partial charge in [0.1, 0.15) is 17.3 Å². The van der Waals surface area contributed by atoms with E-state index in [-0.39, 0.29) is 11.3 Å². The lowest BCUT2D eigenvalue weighted by Crippen LogP contribution is -1.97. The maximum Gasteiger partial charge on any atom is 0.162 e. The van der Waals surface area contributed by atoms with E-state index < -0.39 is 5.82 Å². The molecule has 0 saturated heterocycles. The van der Waals surface area contributed by atoms with Gasteiger partial charge in [-0.15, -0.1) is 0 Å². The van der Waals surface area contributed by atoms with Crippen LogP contribution in [0.25, 0.3) is 0 Å². The van der Waals surface area contributed by atoms with Crippen LogP contribution in [0, 0.1) is 5.82 Å². The Bertz CT molecular complexity index is 579. The zero-order valence-electron chi connectivity index (χ0n) is 9.61. The lowest BCUT2D eigenvalue weighted by Gasteiger charge is -2.07. The van der Waals surface area contributed by atoms with Crippen molar-refractivity contribution in [3.63, 3.8) is 0 Å². The van der Waals surface area contributed by atoms with Crippen molar-refractivity contribution in [2.24, 2.45) is 0 Å².